The number of halogens is 1. The molecule has 2 heterocycles. The van der Waals surface area contributed by atoms with Crippen LogP contribution < -0.4 is 19.6 Å². The van der Waals surface area contributed by atoms with Gasteiger partial charge in [0, 0.05) is 26.5 Å². The minimum atomic E-state index is -1.00. The van der Waals surface area contributed by atoms with Gasteiger partial charge in [-0.2, -0.15) is 0 Å². The van der Waals surface area contributed by atoms with E-state index in [4.69, 9.17) is 18.6 Å². The van der Waals surface area contributed by atoms with Crippen molar-refractivity contribution < 1.29 is 42.5 Å². The van der Waals surface area contributed by atoms with Crippen LogP contribution in [-0.2, 0) is 20.9 Å². The summed E-state index contributed by atoms with van der Waals surface area (Å²) in [5, 5.41) is 9.41. The van der Waals surface area contributed by atoms with Gasteiger partial charge in [0.25, 0.3) is 0 Å². The molecule has 1 aliphatic heterocycles. The van der Waals surface area contributed by atoms with Gasteiger partial charge in [-0.25, -0.2) is 4.39 Å². The Balaban J connectivity index is 1.89. The fourth-order valence-corrected chi connectivity index (χ4v) is 4.12. The Morgan fingerprint density at radius 2 is 1.75 bits per heavy atom. The first-order valence-corrected chi connectivity index (χ1v) is 11.0. The number of benzene rings is 2. The lowest BCUT2D eigenvalue weighted by molar-refractivity contribution is -0.142. The van der Waals surface area contributed by atoms with Gasteiger partial charge in [-0.15, -0.1) is 0 Å². The number of nitrogens with zero attached hydrogens (tertiary/aromatic N) is 1. The van der Waals surface area contributed by atoms with Gasteiger partial charge < -0.3 is 23.7 Å². The van der Waals surface area contributed by atoms with Gasteiger partial charge in [0.2, 0.25) is 11.2 Å². The van der Waals surface area contributed by atoms with Crippen LogP contribution in [0.5, 0.6) is 23.0 Å². The highest BCUT2D eigenvalue weighted by molar-refractivity contribution is 5.92. The summed E-state index contributed by atoms with van der Waals surface area (Å²) in [6, 6.07) is 5.39. The molecule has 1 N–H and O–H groups in total. The molecule has 0 bridgehead atoms. The maximum Gasteiger partial charge on any atom is 0.320 e. The van der Waals surface area contributed by atoms with Crippen molar-refractivity contribution in [2.75, 3.05) is 6.54 Å². The summed E-state index contributed by atoms with van der Waals surface area (Å²) in [5.41, 5.74) is -0.532. The summed E-state index contributed by atoms with van der Waals surface area (Å²) in [6.45, 7) is 2.75. The van der Waals surface area contributed by atoms with E-state index in [1.807, 2.05) is 0 Å². The number of fused-ring (bicyclic) bond motifs is 1. The van der Waals surface area contributed by atoms with E-state index in [0.29, 0.717) is 19.4 Å². The van der Waals surface area contributed by atoms with E-state index in [0.717, 1.165) is 25.3 Å². The van der Waals surface area contributed by atoms with E-state index < -0.39 is 35.2 Å². The number of rotatable bonds is 7. The highest BCUT2D eigenvalue weighted by Crippen LogP contribution is 2.38. The second-order valence-corrected chi connectivity index (χ2v) is 8.19. The largest absolute Gasteiger partial charge is 0.480 e. The smallest absolute Gasteiger partial charge is 0.320 e. The lowest BCUT2D eigenvalue weighted by Crippen LogP contribution is -2.35. The first-order chi connectivity index (χ1) is 17.1. The fraction of sp³-hybridized carbons (Fsp3) is 0.280. The van der Waals surface area contributed by atoms with E-state index in [1.165, 1.54) is 25.1 Å². The van der Waals surface area contributed by atoms with E-state index >= 15 is 0 Å². The van der Waals surface area contributed by atoms with Crippen LogP contribution in [0.25, 0.3) is 11.0 Å². The monoisotopic (exact) mass is 499 g/mol. The summed E-state index contributed by atoms with van der Waals surface area (Å²) in [5.74, 6) is -3.29. The standard InChI is InChI=1S/C25H22FNO9/c1-13(28)34-19-10-20(35-14(2)29)22-23(30)21(36-16-7-5-15(26)6-8-16)12-33-24(22)17(19)11-27-9-3-4-18(27)25(31)32/h5-8,10,12,18H,3-4,9,11H2,1-2H3,(H,31,32)/t18-/m1/s1. The predicted octanol–water partition coefficient (Wildman–Crippen LogP) is 3.62. The third kappa shape index (κ3) is 5.20. The third-order valence-corrected chi connectivity index (χ3v) is 5.60. The molecular weight excluding hydrogens is 477 g/mol. The minimum Gasteiger partial charge on any atom is -0.480 e. The summed E-state index contributed by atoms with van der Waals surface area (Å²) in [7, 11) is 0. The van der Waals surface area contributed by atoms with Crippen molar-refractivity contribution in [3.8, 4) is 23.0 Å². The van der Waals surface area contributed by atoms with Crippen LogP contribution >= 0.6 is 0 Å². The normalized spacial score (nSPS) is 15.6. The maximum absolute atomic E-state index is 13.4. The molecule has 11 heteroatoms. The van der Waals surface area contributed by atoms with Gasteiger partial charge in [-0.05, 0) is 43.7 Å². The molecule has 4 rings (SSSR count). The zero-order chi connectivity index (χ0) is 26.0. The van der Waals surface area contributed by atoms with Crippen molar-refractivity contribution in [3.05, 3.63) is 58.2 Å². The number of carboxylic acid groups (broad SMARTS) is 1. The molecule has 0 amide bonds. The van der Waals surface area contributed by atoms with Crippen LogP contribution in [0, 0.1) is 5.82 Å². The number of hydrogen-bond donors (Lipinski definition) is 1. The van der Waals surface area contributed by atoms with Crippen molar-refractivity contribution >= 4 is 28.9 Å². The number of carboxylic acids is 1. The molecule has 1 fully saturated rings. The molecule has 188 valence electrons. The molecule has 1 aliphatic rings. The topological polar surface area (TPSA) is 133 Å². The van der Waals surface area contributed by atoms with E-state index in [9.17, 15) is 28.7 Å². The SMILES string of the molecule is CC(=O)Oc1cc(OC(C)=O)c2c(=O)c(Oc3ccc(F)cc3)coc2c1CN1CCC[C@@H]1C(=O)O. The molecule has 1 atom stereocenters. The highest BCUT2D eigenvalue weighted by Gasteiger charge is 2.33. The van der Waals surface area contributed by atoms with Gasteiger partial charge >= 0.3 is 17.9 Å². The molecule has 36 heavy (non-hydrogen) atoms. The first-order valence-electron chi connectivity index (χ1n) is 11.0. The number of likely N-dealkylation sites (tertiary alicyclic amines) is 1. The number of ether oxygens (including phenoxy) is 3. The number of carbonyl (C=O) groups excluding carboxylic acids is 2. The van der Waals surface area contributed by atoms with Crippen molar-refractivity contribution in [1.82, 2.24) is 4.90 Å². The minimum absolute atomic E-state index is 0.0163. The molecule has 1 aromatic heterocycles. The zero-order valence-electron chi connectivity index (χ0n) is 19.4. The predicted molar refractivity (Wildman–Crippen MR) is 123 cm³/mol. The van der Waals surface area contributed by atoms with Crippen LogP contribution in [0.4, 0.5) is 4.39 Å². The Bertz CT molecular complexity index is 1400. The van der Waals surface area contributed by atoms with Crippen LogP contribution in [-0.4, -0.2) is 40.5 Å². The zero-order valence-corrected chi connectivity index (χ0v) is 19.4. The van der Waals surface area contributed by atoms with Crippen LogP contribution in [0.3, 0.4) is 0 Å². The molecule has 2 aromatic carbocycles. The van der Waals surface area contributed by atoms with Crippen molar-refractivity contribution in [3.63, 3.8) is 0 Å². The molecule has 0 unspecified atom stereocenters. The third-order valence-electron chi connectivity index (χ3n) is 5.60. The van der Waals surface area contributed by atoms with Crippen molar-refractivity contribution in [1.29, 1.82) is 0 Å². The van der Waals surface area contributed by atoms with Crippen molar-refractivity contribution in [2.24, 2.45) is 0 Å². The van der Waals surface area contributed by atoms with Gasteiger partial charge in [0.15, 0.2) is 0 Å². The fourth-order valence-electron chi connectivity index (χ4n) is 4.12. The van der Waals surface area contributed by atoms with Crippen LogP contribution in [0.2, 0.25) is 0 Å². The van der Waals surface area contributed by atoms with Gasteiger partial charge in [-0.1, -0.05) is 0 Å². The Morgan fingerprint density at radius 3 is 2.39 bits per heavy atom. The van der Waals surface area contributed by atoms with Crippen molar-refractivity contribution in [2.45, 2.75) is 39.3 Å². The Hall–Kier alpha value is -4.25. The summed E-state index contributed by atoms with van der Waals surface area (Å²) < 4.78 is 35.1. The number of aliphatic carboxylic acids is 1. The highest BCUT2D eigenvalue weighted by atomic mass is 19.1. The Kier molecular flexibility index (Phi) is 7.02. The average molecular weight is 499 g/mol. The average Bonchev–Trinajstić information content (AvgIpc) is 3.27. The molecule has 10 nitrogen and oxygen atoms in total. The quantitative estimate of drug-likeness (QED) is 0.380. The van der Waals surface area contributed by atoms with Gasteiger partial charge in [-0.3, -0.25) is 24.1 Å². The van der Waals surface area contributed by atoms with E-state index in [-0.39, 0.29) is 46.1 Å². The van der Waals surface area contributed by atoms with Crippen LogP contribution in [0.15, 0.2) is 45.8 Å². The summed E-state index contributed by atoms with van der Waals surface area (Å²) in [4.78, 5) is 50.4. The summed E-state index contributed by atoms with van der Waals surface area (Å²) in [6.07, 6.45) is 2.11. The molecule has 3 aromatic rings. The molecule has 0 spiro atoms. The lowest BCUT2D eigenvalue weighted by Gasteiger charge is -2.23. The van der Waals surface area contributed by atoms with Gasteiger partial charge in [0.05, 0.1) is 5.56 Å². The summed E-state index contributed by atoms with van der Waals surface area (Å²) >= 11 is 0. The van der Waals surface area contributed by atoms with E-state index in [1.54, 1.807) is 4.90 Å². The number of hydrogen-bond acceptors (Lipinski definition) is 9. The molecule has 0 radical (unpaired) electrons. The Labute approximate surface area is 203 Å². The number of esters is 2. The van der Waals surface area contributed by atoms with E-state index in [2.05, 4.69) is 0 Å². The molecule has 1 saturated heterocycles. The van der Waals surface area contributed by atoms with Crippen LogP contribution in [0.1, 0.15) is 32.3 Å². The second kappa shape index (κ2) is 10.2. The Morgan fingerprint density at radius 1 is 1.08 bits per heavy atom. The molecule has 0 saturated carbocycles. The second-order valence-electron chi connectivity index (χ2n) is 8.19. The maximum atomic E-state index is 13.4. The first kappa shape index (κ1) is 24.9. The molecular formula is C25H22FNO9. The number of carbonyl (C=O) groups is 3. The molecule has 0 aliphatic carbocycles. The van der Waals surface area contributed by atoms with Gasteiger partial charge in [0.1, 0.15) is 46.3 Å². The lowest BCUT2D eigenvalue weighted by atomic mass is 10.1.